The Morgan fingerprint density at radius 1 is 1.38 bits per heavy atom. The minimum absolute atomic E-state index is 0.0471. The fourth-order valence-electron chi connectivity index (χ4n) is 2.27. The molecule has 1 aliphatic carbocycles. The normalized spacial score (nSPS) is 18.8. The number of aliphatic hydroxyl groups excluding tert-OH is 1. The summed E-state index contributed by atoms with van der Waals surface area (Å²) in [5.74, 6) is 0.0219. The third kappa shape index (κ3) is 6.08. The van der Waals surface area contributed by atoms with Crippen LogP contribution in [-0.4, -0.2) is 35.4 Å². The molecule has 0 aromatic carbocycles. The predicted octanol–water partition coefficient (Wildman–Crippen LogP) is 1.38. The van der Waals surface area contributed by atoms with Crippen molar-refractivity contribution in [2.24, 2.45) is 5.92 Å². The maximum Gasteiger partial charge on any atom is 0.303 e. The third-order valence-electron chi connectivity index (χ3n) is 3.28. The van der Waals surface area contributed by atoms with Crippen LogP contribution in [0.15, 0.2) is 0 Å². The van der Waals surface area contributed by atoms with Gasteiger partial charge >= 0.3 is 5.97 Å². The predicted molar refractivity (Wildman–Crippen MR) is 62.3 cm³/mol. The van der Waals surface area contributed by atoms with Gasteiger partial charge in [-0.15, -0.1) is 0 Å². The number of carboxylic acid groups (broad SMARTS) is 1. The van der Waals surface area contributed by atoms with Gasteiger partial charge in [0.1, 0.15) is 0 Å². The number of aliphatic hydroxyl groups is 1. The lowest BCUT2D eigenvalue weighted by Crippen LogP contribution is -2.28. The lowest BCUT2D eigenvalue weighted by molar-refractivity contribution is -0.137. The van der Waals surface area contributed by atoms with E-state index < -0.39 is 12.1 Å². The van der Waals surface area contributed by atoms with Gasteiger partial charge in [0.15, 0.2) is 0 Å². The van der Waals surface area contributed by atoms with Gasteiger partial charge in [-0.1, -0.05) is 25.7 Å². The zero-order valence-corrected chi connectivity index (χ0v) is 9.82. The minimum Gasteiger partial charge on any atom is -0.481 e. The van der Waals surface area contributed by atoms with E-state index in [1.54, 1.807) is 0 Å². The van der Waals surface area contributed by atoms with E-state index in [9.17, 15) is 9.90 Å². The van der Waals surface area contributed by atoms with E-state index in [2.05, 4.69) is 5.32 Å². The first-order valence-electron chi connectivity index (χ1n) is 6.29. The van der Waals surface area contributed by atoms with Crippen LogP contribution in [0.4, 0.5) is 0 Å². The van der Waals surface area contributed by atoms with Gasteiger partial charge in [0, 0.05) is 13.0 Å². The first-order valence-corrected chi connectivity index (χ1v) is 6.29. The molecule has 0 spiro atoms. The van der Waals surface area contributed by atoms with Crippen LogP contribution in [0.2, 0.25) is 0 Å². The van der Waals surface area contributed by atoms with E-state index in [1.807, 2.05) is 0 Å². The van der Waals surface area contributed by atoms with Crippen LogP contribution in [0, 0.1) is 5.92 Å². The molecule has 0 bridgehead atoms. The molecule has 0 heterocycles. The number of hydrogen-bond donors (Lipinski definition) is 3. The smallest absolute Gasteiger partial charge is 0.303 e. The van der Waals surface area contributed by atoms with Crippen LogP contribution in [-0.2, 0) is 4.79 Å². The summed E-state index contributed by atoms with van der Waals surface area (Å²) in [7, 11) is 0. The van der Waals surface area contributed by atoms with E-state index in [1.165, 1.54) is 32.1 Å². The lowest BCUT2D eigenvalue weighted by Gasteiger charge is -2.12. The van der Waals surface area contributed by atoms with Gasteiger partial charge in [0.25, 0.3) is 0 Å². The summed E-state index contributed by atoms with van der Waals surface area (Å²) < 4.78 is 0. The van der Waals surface area contributed by atoms with Crippen molar-refractivity contribution in [2.75, 3.05) is 13.1 Å². The Labute approximate surface area is 97.0 Å². The summed E-state index contributed by atoms with van der Waals surface area (Å²) in [5.41, 5.74) is 0. The van der Waals surface area contributed by atoms with Crippen LogP contribution in [0.1, 0.15) is 44.9 Å². The zero-order chi connectivity index (χ0) is 11.8. The van der Waals surface area contributed by atoms with Crippen molar-refractivity contribution >= 4 is 5.97 Å². The highest BCUT2D eigenvalue weighted by atomic mass is 16.4. The van der Waals surface area contributed by atoms with Crippen LogP contribution >= 0.6 is 0 Å². The van der Waals surface area contributed by atoms with E-state index in [4.69, 9.17) is 5.11 Å². The molecule has 4 nitrogen and oxygen atoms in total. The number of carbonyl (C=O) groups is 1. The van der Waals surface area contributed by atoms with Gasteiger partial charge in [0.05, 0.1) is 6.10 Å². The summed E-state index contributed by atoms with van der Waals surface area (Å²) in [4.78, 5) is 10.3. The first kappa shape index (κ1) is 13.5. The van der Waals surface area contributed by atoms with E-state index >= 15 is 0 Å². The Bertz CT molecular complexity index is 202. The maximum absolute atomic E-state index is 10.3. The highest BCUT2D eigenvalue weighted by Crippen LogP contribution is 2.26. The fraction of sp³-hybridized carbons (Fsp3) is 0.917. The monoisotopic (exact) mass is 229 g/mol. The first-order chi connectivity index (χ1) is 7.68. The van der Waals surface area contributed by atoms with Crippen LogP contribution in [0.25, 0.3) is 0 Å². The molecule has 16 heavy (non-hydrogen) atoms. The minimum atomic E-state index is -0.843. The molecule has 4 heteroatoms. The fourth-order valence-corrected chi connectivity index (χ4v) is 2.27. The molecule has 1 rings (SSSR count). The highest BCUT2D eigenvalue weighted by molar-refractivity contribution is 5.66. The molecule has 1 unspecified atom stereocenters. The summed E-state index contributed by atoms with van der Waals surface area (Å²) in [6, 6.07) is 0. The molecule has 94 valence electrons. The standard InChI is InChI=1S/C12H23NO3/c14-11(5-6-12(15)16)9-13-8-7-10-3-1-2-4-10/h10-11,13-14H,1-9H2,(H,15,16). The molecule has 0 aromatic heterocycles. The zero-order valence-electron chi connectivity index (χ0n) is 9.82. The van der Waals surface area contributed by atoms with Crippen molar-refractivity contribution in [1.82, 2.24) is 5.32 Å². The van der Waals surface area contributed by atoms with Crippen molar-refractivity contribution in [3.8, 4) is 0 Å². The van der Waals surface area contributed by atoms with Gasteiger partial charge in [-0.3, -0.25) is 4.79 Å². The number of carboxylic acids is 1. The van der Waals surface area contributed by atoms with Crippen molar-refractivity contribution in [1.29, 1.82) is 0 Å². The molecule has 1 aliphatic rings. The van der Waals surface area contributed by atoms with Crippen molar-refractivity contribution in [3.05, 3.63) is 0 Å². The lowest BCUT2D eigenvalue weighted by atomic mass is 10.0. The Hall–Kier alpha value is -0.610. The highest BCUT2D eigenvalue weighted by Gasteiger charge is 2.14. The van der Waals surface area contributed by atoms with Gasteiger partial charge in [0.2, 0.25) is 0 Å². The van der Waals surface area contributed by atoms with Gasteiger partial charge in [-0.05, 0) is 25.3 Å². The Kier molecular flexibility index (Phi) is 6.42. The van der Waals surface area contributed by atoms with Crippen LogP contribution in [0.3, 0.4) is 0 Å². The Morgan fingerprint density at radius 3 is 2.69 bits per heavy atom. The second kappa shape index (κ2) is 7.63. The molecular weight excluding hydrogens is 206 g/mol. The quantitative estimate of drug-likeness (QED) is 0.550. The van der Waals surface area contributed by atoms with E-state index in [0.717, 1.165) is 12.5 Å². The molecule has 1 saturated carbocycles. The topological polar surface area (TPSA) is 69.6 Å². The summed E-state index contributed by atoms with van der Waals surface area (Å²) in [6.45, 7) is 1.45. The summed E-state index contributed by atoms with van der Waals surface area (Å²) in [5, 5.41) is 21.1. The molecule has 1 fully saturated rings. The van der Waals surface area contributed by atoms with E-state index in [-0.39, 0.29) is 6.42 Å². The molecule has 0 radical (unpaired) electrons. The average molecular weight is 229 g/mol. The van der Waals surface area contributed by atoms with Crippen molar-refractivity contribution < 1.29 is 15.0 Å². The van der Waals surface area contributed by atoms with Crippen molar-refractivity contribution in [2.45, 2.75) is 51.0 Å². The number of aliphatic carboxylic acids is 1. The molecule has 0 aliphatic heterocycles. The maximum atomic E-state index is 10.3. The van der Waals surface area contributed by atoms with E-state index in [0.29, 0.717) is 13.0 Å². The number of hydrogen-bond acceptors (Lipinski definition) is 3. The Balaban J connectivity index is 1.91. The van der Waals surface area contributed by atoms with Gasteiger partial charge in [-0.2, -0.15) is 0 Å². The number of rotatable bonds is 8. The molecular formula is C12H23NO3. The number of nitrogens with one attached hydrogen (secondary N) is 1. The van der Waals surface area contributed by atoms with Crippen molar-refractivity contribution in [3.63, 3.8) is 0 Å². The van der Waals surface area contributed by atoms with Gasteiger partial charge < -0.3 is 15.5 Å². The van der Waals surface area contributed by atoms with Crippen LogP contribution in [0.5, 0.6) is 0 Å². The van der Waals surface area contributed by atoms with Gasteiger partial charge in [-0.25, -0.2) is 0 Å². The average Bonchev–Trinajstić information content (AvgIpc) is 2.74. The third-order valence-corrected chi connectivity index (χ3v) is 3.28. The molecule has 0 saturated heterocycles. The summed E-state index contributed by atoms with van der Waals surface area (Å²) >= 11 is 0. The second-order valence-electron chi connectivity index (χ2n) is 4.73. The van der Waals surface area contributed by atoms with Crippen LogP contribution < -0.4 is 5.32 Å². The second-order valence-corrected chi connectivity index (χ2v) is 4.73. The summed E-state index contributed by atoms with van der Waals surface area (Å²) in [6.07, 6.45) is 6.48. The molecule has 0 aromatic rings. The molecule has 3 N–H and O–H groups in total. The largest absolute Gasteiger partial charge is 0.481 e. The Morgan fingerprint density at radius 2 is 2.06 bits per heavy atom. The molecule has 1 atom stereocenters. The SMILES string of the molecule is O=C(O)CCC(O)CNCCC1CCCC1. The molecule has 0 amide bonds.